The molecule has 0 amide bonds. The number of nitrogens with one attached hydrogen (secondary N) is 1. The zero-order valence-electron chi connectivity index (χ0n) is 12.6. The Morgan fingerprint density at radius 2 is 2.17 bits per heavy atom. The summed E-state index contributed by atoms with van der Waals surface area (Å²) in [6.45, 7) is 3.93. The molecule has 0 aliphatic carbocycles. The number of aromatic nitrogens is 3. The summed E-state index contributed by atoms with van der Waals surface area (Å²) in [6, 6.07) is 3.47. The SMILES string of the molecule is Fc1ccc2c(NC3=NC[C@@]4(CN5CCC4CC5)O3)ncnn12. The summed E-state index contributed by atoms with van der Waals surface area (Å²) < 4.78 is 21.0. The Bertz CT molecular complexity index is 796. The van der Waals surface area contributed by atoms with Crippen LogP contribution < -0.4 is 5.32 Å². The zero-order chi connectivity index (χ0) is 15.4. The van der Waals surface area contributed by atoms with E-state index in [0.717, 1.165) is 19.6 Å². The van der Waals surface area contributed by atoms with Crippen LogP contribution in [0.3, 0.4) is 0 Å². The van der Waals surface area contributed by atoms with Gasteiger partial charge in [-0.1, -0.05) is 0 Å². The van der Waals surface area contributed by atoms with E-state index >= 15 is 0 Å². The van der Waals surface area contributed by atoms with Crippen molar-refractivity contribution in [2.24, 2.45) is 10.9 Å². The molecule has 0 aromatic carbocycles. The molecule has 2 bridgehead atoms. The monoisotopic (exact) mass is 316 g/mol. The molecule has 3 fully saturated rings. The lowest BCUT2D eigenvalue weighted by molar-refractivity contribution is -0.0829. The van der Waals surface area contributed by atoms with Gasteiger partial charge in [0, 0.05) is 12.5 Å². The highest BCUT2D eigenvalue weighted by Gasteiger charge is 2.51. The van der Waals surface area contributed by atoms with Crippen LogP contribution in [0, 0.1) is 11.9 Å². The average Bonchev–Trinajstić information content (AvgIpc) is 3.14. The fraction of sp³-hybridized carbons (Fsp3) is 0.533. The number of hydrogen-bond donors (Lipinski definition) is 1. The number of nitrogens with zero attached hydrogens (tertiary/aromatic N) is 5. The van der Waals surface area contributed by atoms with Crippen LogP contribution in [0.1, 0.15) is 12.8 Å². The van der Waals surface area contributed by atoms with Gasteiger partial charge in [0.1, 0.15) is 17.4 Å². The van der Waals surface area contributed by atoms with Crippen molar-refractivity contribution in [3.05, 3.63) is 24.4 Å². The largest absolute Gasteiger partial charge is 0.455 e. The lowest BCUT2D eigenvalue weighted by Gasteiger charge is -2.50. The maximum Gasteiger partial charge on any atom is 0.291 e. The van der Waals surface area contributed by atoms with Crippen LogP contribution >= 0.6 is 0 Å². The summed E-state index contributed by atoms with van der Waals surface area (Å²) in [5.74, 6) is 0.640. The Morgan fingerprint density at radius 3 is 2.96 bits per heavy atom. The Kier molecular flexibility index (Phi) is 2.67. The normalized spacial score (nSPS) is 32.3. The van der Waals surface area contributed by atoms with Crippen molar-refractivity contribution in [2.45, 2.75) is 18.4 Å². The molecule has 120 valence electrons. The summed E-state index contributed by atoms with van der Waals surface area (Å²) in [7, 11) is 0. The standard InChI is InChI=1S/C15H17FN6O/c16-12-2-1-11-13(18-9-19-22(11)12)20-14-17-7-15(23-14)8-21-5-3-10(15)4-6-21/h1-2,9-10H,3-8H2,(H,17,18,19,20)/t15-/m0/s1. The van der Waals surface area contributed by atoms with E-state index < -0.39 is 5.95 Å². The van der Waals surface area contributed by atoms with E-state index in [1.54, 1.807) is 6.07 Å². The Labute approximate surface area is 132 Å². The van der Waals surface area contributed by atoms with E-state index in [1.807, 2.05) is 0 Å². The maximum atomic E-state index is 13.6. The predicted octanol–water partition coefficient (Wildman–Crippen LogP) is 1.13. The minimum atomic E-state index is -0.423. The van der Waals surface area contributed by atoms with Gasteiger partial charge in [-0.15, -0.1) is 0 Å². The van der Waals surface area contributed by atoms with Crippen molar-refractivity contribution in [2.75, 3.05) is 31.5 Å². The number of amidine groups is 1. The van der Waals surface area contributed by atoms with E-state index in [0.29, 0.717) is 29.8 Å². The maximum absolute atomic E-state index is 13.6. The van der Waals surface area contributed by atoms with Crippen molar-refractivity contribution in [1.29, 1.82) is 0 Å². The summed E-state index contributed by atoms with van der Waals surface area (Å²) in [6.07, 6.45) is 3.66. The van der Waals surface area contributed by atoms with Gasteiger partial charge in [-0.25, -0.2) is 14.5 Å². The third-order valence-corrected chi connectivity index (χ3v) is 5.24. The molecule has 0 unspecified atom stereocenters. The van der Waals surface area contributed by atoms with E-state index in [4.69, 9.17) is 4.74 Å². The van der Waals surface area contributed by atoms with Gasteiger partial charge < -0.3 is 4.74 Å². The van der Waals surface area contributed by atoms with Gasteiger partial charge in [0.25, 0.3) is 6.02 Å². The quantitative estimate of drug-likeness (QED) is 0.854. The number of fused-ring (bicyclic) bond motifs is 3. The van der Waals surface area contributed by atoms with Crippen molar-refractivity contribution in [1.82, 2.24) is 19.5 Å². The van der Waals surface area contributed by atoms with E-state index in [9.17, 15) is 4.39 Å². The second-order valence-electron chi connectivity index (χ2n) is 6.53. The fourth-order valence-electron chi connectivity index (χ4n) is 4.05. The lowest BCUT2D eigenvalue weighted by Crippen LogP contribution is -2.61. The number of aliphatic imine (C=N–C) groups is 1. The third kappa shape index (κ3) is 1.94. The topological polar surface area (TPSA) is 67.0 Å². The molecule has 0 radical (unpaired) electrons. The van der Waals surface area contributed by atoms with Crippen LogP contribution in [0.4, 0.5) is 10.2 Å². The molecule has 3 saturated heterocycles. The first-order valence-corrected chi connectivity index (χ1v) is 7.95. The van der Waals surface area contributed by atoms with E-state index in [-0.39, 0.29) is 5.60 Å². The average molecular weight is 316 g/mol. The molecule has 4 aliphatic rings. The summed E-state index contributed by atoms with van der Waals surface area (Å²) in [5.41, 5.74) is 0.362. The third-order valence-electron chi connectivity index (χ3n) is 5.24. The highest BCUT2D eigenvalue weighted by molar-refractivity contribution is 5.93. The van der Waals surface area contributed by atoms with Gasteiger partial charge in [0.15, 0.2) is 5.82 Å². The first-order valence-electron chi connectivity index (χ1n) is 7.95. The lowest BCUT2D eigenvalue weighted by atomic mass is 9.75. The second kappa shape index (κ2) is 4.64. The molecule has 1 spiro atoms. The zero-order valence-corrected chi connectivity index (χ0v) is 12.6. The number of piperidine rings is 3. The molecule has 2 aromatic rings. The van der Waals surface area contributed by atoms with Crippen LogP contribution in [0.25, 0.3) is 5.52 Å². The number of ether oxygens (including phenoxy) is 1. The minimum absolute atomic E-state index is 0.199. The molecule has 7 nitrogen and oxygen atoms in total. The van der Waals surface area contributed by atoms with Gasteiger partial charge in [-0.05, 0) is 38.1 Å². The number of anilines is 1. The van der Waals surface area contributed by atoms with Crippen molar-refractivity contribution >= 4 is 17.4 Å². The molecule has 0 saturated carbocycles. The minimum Gasteiger partial charge on any atom is -0.455 e. The number of halogens is 1. The molecular weight excluding hydrogens is 299 g/mol. The second-order valence-corrected chi connectivity index (χ2v) is 6.53. The fourth-order valence-corrected chi connectivity index (χ4v) is 4.05. The molecule has 1 N–H and O–H groups in total. The van der Waals surface area contributed by atoms with Gasteiger partial charge in [-0.3, -0.25) is 10.2 Å². The van der Waals surface area contributed by atoms with Crippen LogP contribution in [0.5, 0.6) is 0 Å². The van der Waals surface area contributed by atoms with Gasteiger partial charge in [0.05, 0.1) is 6.54 Å². The van der Waals surface area contributed by atoms with Gasteiger partial charge in [-0.2, -0.15) is 9.49 Å². The van der Waals surface area contributed by atoms with Crippen LogP contribution in [0.2, 0.25) is 0 Å². The Morgan fingerprint density at radius 1 is 1.30 bits per heavy atom. The first kappa shape index (κ1) is 13.2. The Balaban J connectivity index is 1.39. The van der Waals surface area contributed by atoms with Crippen molar-refractivity contribution in [3.8, 4) is 0 Å². The van der Waals surface area contributed by atoms with Crippen LogP contribution in [0.15, 0.2) is 23.5 Å². The van der Waals surface area contributed by atoms with E-state index in [1.165, 1.54) is 29.8 Å². The molecule has 6 heterocycles. The number of hydrogen-bond acceptors (Lipinski definition) is 6. The molecule has 4 aliphatic heterocycles. The Hall–Kier alpha value is -2.22. The highest BCUT2D eigenvalue weighted by atomic mass is 19.1. The predicted molar refractivity (Wildman–Crippen MR) is 81.8 cm³/mol. The van der Waals surface area contributed by atoms with E-state index in [2.05, 4.69) is 25.3 Å². The summed E-state index contributed by atoms with van der Waals surface area (Å²) >= 11 is 0. The molecule has 8 heteroatoms. The molecule has 6 rings (SSSR count). The first-order chi connectivity index (χ1) is 11.2. The highest BCUT2D eigenvalue weighted by Crippen LogP contribution is 2.40. The molecule has 2 aromatic heterocycles. The van der Waals surface area contributed by atoms with Crippen LogP contribution in [-0.2, 0) is 4.74 Å². The van der Waals surface area contributed by atoms with Crippen molar-refractivity contribution in [3.63, 3.8) is 0 Å². The van der Waals surface area contributed by atoms with Crippen LogP contribution in [-0.4, -0.2) is 57.3 Å². The van der Waals surface area contributed by atoms with Gasteiger partial charge >= 0.3 is 0 Å². The summed E-state index contributed by atoms with van der Waals surface area (Å²) in [5, 5.41) is 6.99. The molecule has 23 heavy (non-hydrogen) atoms. The smallest absolute Gasteiger partial charge is 0.291 e. The van der Waals surface area contributed by atoms with Crippen molar-refractivity contribution < 1.29 is 9.13 Å². The van der Waals surface area contributed by atoms with Gasteiger partial charge in [0.2, 0.25) is 5.95 Å². The molecule has 1 atom stereocenters. The molecular formula is C15H17FN6O. The number of rotatable bonds is 1. The summed E-state index contributed by atoms with van der Waals surface area (Å²) in [4.78, 5) is 11.2.